The van der Waals surface area contributed by atoms with Crippen LogP contribution in [0.1, 0.15) is 23.2 Å². The molecule has 1 aromatic heterocycles. The standard InChI is InChI=1S/C12H15BrN2O2/c1-15(8-11-3-2-4-17-11)12(16)9-5-10(13)7-14-6-9/h5-7,11H,2-4,8H2,1H3. The van der Waals surface area contributed by atoms with E-state index in [1.165, 1.54) is 0 Å². The van der Waals surface area contributed by atoms with E-state index in [9.17, 15) is 4.79 Å². The minimum Gasteiger partial charge on any atom is -0.376 e. The van der Waals surface area contributed by atoms with Gasteiger partial charge in [-0.3, -0.25) is 9.78 Å². The summed E-state index contributed by atoms with van der Waals surface area (Å²) >= 11 is 3.31. The zero-order valence-electron chi connectivity index (χ0n) is 9.73. The van der Waals surface area contributed by atoms with Crippen LogP contribution in [0.15, 0.2) is 22.9 Å². The van der Waals surface area contributed by atoms with Gasteiger partial charge in [0.15, 0.2) is 0 Å². The van der Waals surface area contributed by atoms with E-state index in [1.54, 1.807) is 30.4 Å². The van der Waals surface area contributed by atoms with Crippen LogP contribution >= 0.6 is 15.9 Å². The van der Waals surface area contributed by atoms with Crippen LogP contribution < -0.4 is 0 Å². The summed E-state index contributed by atoms with van der Waals surface area (Å²) in [5.74, 6) is -0.0192. The van der Waals surface area contributed by atoms with Crippen LogP contribution in [0, 0.1) is 0 Å². The predicted molar refractivity (Wildman–Crippen MR) is 67.9 cm³/mol. The van der Waals surface area contributed by atoms with E-state index in [4.69, 9.17) is 4.74 Å². The molecule has 1 amide bonds. The average molecular weight is 299 g/mol. The first-order chi connectivity index (χ1) is 8.16. The fourth-order valence-electron chi connectivity index (χ4n) is 1.93. The van der Waals surface area contributed by atoms with Crippen molar-refractivity contribution in [3.8, 4) is 0 Å². The van der Waals surface area contributed by atoms with Gasteiger partial charge in [0.1, 0.15) is 0 Å². The molecule has 2 rings (SSSR count). The lowest BCUT2D eigenvalue weighted by Gasteiger charge is -2.20. The zero-order chi connectivity index (χ0) is 12.3. The largest absolute Gasteiger partial charge is 0.376 e. The minimum absolute atomic E-state index is 0.0192. The average Bonchev–Trinajstić information content (AvgIpc) is 2.80. The molecule has 0 aliphatic carbocycles. The van der Waals surface area contributed by atoms with Crippen LogP contribution in [-0.4, -0.2) is 42.1 Å². The Balaban J connectivity index is 1.98. The normalized spacial score (nSPS) is 19.3. The van der Waals surface area contributed by atoms with Crippen molar-refractivity contribution < 1.29 is 9.53 Å². The highest BCUT2D eigenvalue weighted by molar-refractivity contribution is 9.10. The van der Waals surface area contributed by atoms with E-state index >= 15 is 0 Å². The summed E-state index contributed by atoms with van der Waals surface area (Å²) < 4.78 is 6.33. The smallest absolute Gasteiger partial charge is 0.255 e. The Kier molecular flexibility index (Phi) is 4.12. The van der Waals surface area contributed by atoms with Crippen molar-refractivity contribution in [3.63, 3.8) is 0 Å². The lowest BCUT2D eigenvalue weighted by Crippen LogP contribution is -2.34. The fraction of sp³-hybridized carbons (Fsp3) is 0.500. The second-order valence-corrected chi connectivity index (χ2v) is 5.13. The van der Waals surface area contributed by atoms with Gasteiger partial charge in [-0.1, -0.05) is 0 Å². The van der Waals surface area contributed by atoms with Crippen molar-refractivity contribution in [2.24, 2.45) is 0 Å². The number of hydrogen-bond donors (Lipinski definition) is 0. The molecule has 1 fully saturated rings. The Bertz CT molecular complexity index is 405. The lowest BCUT2D eigenvalue weighted by molar-refractivity contribution is 0.0586. The maximum Gasteiger partial charge on any atom is 0.255 e. The molecule has 0 aromatic carbocycles. The summed E-state index contributed by atoms with van der Waals surface area (Å²) in [6.07, 6.45) is 5.55. The maximum atomic E-state index is 12.1. The van der Waals surface area contributed by atoms with Crippen molar-refractivity contribution in [2.75, 3.05) is 20.2 Å². The van der Waals surface area contributed by atoms with Crippen LogP contribution in [0.5, 0.6) is 0 Å². The number of hydrogen-bond acceptors (Lipinski definition) is 3. The van der Waals surface area contributed by atoms with Crippen LogP contribution in [0.4, 0.5) is 0 Å². The molecule has 5 heteroatoms. The number of rotatable bonds is 3. The molecule has 2 heterocycles. The molecule has 1 unspecified atom stereocenters. The summed E-state index contributed by atoms with van der Waals surface area (Å²) in [6.45, 7) is 1.45. The Morgan fingerprint density at radius 3 is 3.12 bits per heavy atom. The van der Waals surface area contributed by atoms with Crippen molar-refractivity contribution in [1.29, 1.82) is 0 Å². The van der Waals surface area contributed by atoms with E-state index in [-0.39, 0.29) is 12.0 Å². The molecular weight excluding hydrogens is 284 g/mol. The molecule has 92 valence electrons. The molecule has 0 spiro atoms. The Hall–Kier alpha value is -0.940. The summed E-state index contributed by atoms with van der Waals surface area (Å²) in [4.78, 5) is 17.8. The highest BCUT2D eigenvalue weighted by Gasteiger charge is 2.20. The minimum atomic E-state index is -0.0192. The first kappa shape index (κ1) is 12.5. The number of likely N-dealkylation sites (N-methyl/N-ethyl adjacent to an activating group) is 1. The molecule has 1 saturated heterocycles. The predicted octanol–water partition coefficient (Wildman–Crippen LogP) is 2.10. The molecule has 0 bridgehead atoms. The number of carbonyl (C=O) groups is 1. The second-order valence-electron chi connectivity index (χ2n) is 4.21. The monoisotopic (exact) mass is 298 g/mol. The first-order valence-corrected chi connectivity index (χ1v) is 6.44. The van der Waals surface area contributed by atoms with Crippen LogP contribution in [0.3, 0.4) is 0 Å². The number of halogens is 1. The van der Waals surface area contributed by atoms with Crippen LogP contribution in [-0.2, 0) is 4.74 Å². The van der Waals surface area contributed by atoms with Gasteiger partial charge in [0, 0.05) is 37.1 Å². The maximum absolute atomic E-state index is 12.1. The quantitative estimate of drug-likeness (QED) is 0.858. The number of nitrogens with zero attached hydrogens (tertiary/aromatic N) is 2. The third-order valence-corrected chi connectivity index (χ3v) is 3.23. The molecule has 1 aliphatic rings. The Morgan fingerprint density at radius 1 is 1.65 bits per heavy atom. The molecular formula is C12H15BrN2O2. The number of pyridine rings is 1. The second kappa shape index (κ2) is 5.60. The fourth-order valence-corrected chi connectivity index (χ4v) is 2.29. The lowest BCUT2D eigenvalue weighted by atomic mass is 10.2. The van der Waals surface area contributed by atoms with Crippen molar-refractivity contribution in [1.82, 2.24) is 9.88 Å². The number of aromatic nitrogens is 1. The highest BCUT2D eigenvalue weighted by Crippen LogP contribution is 2.15. The molecule has 1 atom stereocenters. The van der Waals surface area contributed by atoms with Crippen LogP contribution in [0.2, 0.25) is 0 Å². The highest BCUT2D eigenvalue weighted by atomic mass is 79.9. The first-order valence-electron chi connectivity index (χ1n) is 5.64. The van der Waals surface area contributed by atoms with Gasteiger partial charge in [0.25, 0.3) is 5.91 Å². The number of ether oxygens (including phenoxy) is 1. The van der Waals surface area contributed by atoms with E-state index < -0.39 is 0 Å². The van der Waals surface area contributed by atoms with Crippen molar-refractivity contribution in [3.05, 3.63) is 28.5 Å². The van der Waals surface area contributed by atoms with Gasteiger partial charge in [0.05, 0.1) is 11.7 Å². The summed E-state index contributed by atoms with van der Waals surface area (Å²) in [6, 6.07) is 1.78. The van der Waals surface area contributed by atoms with E-state index in [1.807, 2.05) is 0 Å². The molecule has 17 heavy (non-hydrogen) atoms. The van der Waals surface area contributed by atoms with Gasteiger partial charge in [-0.15, -0.1) is 0 Å². The SMILES string of the molecule is CN(CC1CCCO1)C(=O)c1cncc(Br)c1. The number of carbonyl (C=O) groups excluding carboxylic acids is 1. The summed E-state index contributed by atoms with van der Waals surface area (Å²) in [7, 11) is 1.80. The molecule has 1 aliphatic heterocycles. The third kappa shape index (κ3) is 3.26. The topological polar surface area (TPSA) is 42.4 Å². The molecule has 4 nitrogen and oxygen atoms in total. The van der Waals surface area contributed by atoms with Gasteiger partial charge in [-0.2, -0.15) is 0 Å². The van der Waals surface area contributed by atoms with Crippen molar-refractivity contribution >= 4 is 21.8 Å². The number of amides is 1. The van der Waals surface area contributed by atoms with Gasteiger partial charge in [-0.25, -0.2) is 0 Å². The van der Waals surface area contributed by atoms with Gasteiger partial charge in [-0.05, 0) is 34.8 Å². The third-order valence-electron chi connectivity index (χ3n) is 2.80. The van der Waals surface area contributed by atoms with Gasteiger partial charge < -0.3 is 9.64 Å². The Labute approximate surface area is 109 Å². The van der Waals surface area contributed by atoms with Gasteiger partial charge >= 0.3 is 0 Å². The van der Waals surface area contributed by atoms with Crippen LogP contribution in [0.25, 0.3) is 0 Å². The zero-order valence-corrected chi connectivity index (χ0v) is 11.3. The molecule has 0 radical (unpaired) electrons. The van der Waals surface area contributed by atoms with E-state index in [0.29, 0.717) is 12.1 Å². The van der Waals surface area contributed by atoms with E-state index in [0.717, 1.165) is 23.9 Å². The Morgan fingerprint density at radius 2 is 2.47 bits per heavy atom. The van der Waals surface area contributed by atoms with Crippen molar-refractivity contribution in [2.45, 2.75) is 18.9 Å². The summed E-state index contributed by atoms with van der Waals surface area (Å²) in [5.41, 5.74) is 0.597. The summed E-state index contributed by atoms with van der Waals surface area (Å²) in [5, 5.41) is 0. The molecule has 0 N–H and O–H groups in total. The van der Waals surface area contributed by atoms with Gasteiger partial charge in [0.2, 0.25) is 0 Å². The van der Waals surface area contributed by atoms with E-state index in [2.05, 4.69) is 20.9 Å². The molecule has 1 aromatic rings. The molecule has 0 saturated carbocycles.